The van der Waals surface area contributed by atoms with Gasteiger partial charge >= 0.3 is 0 Å². The van der Waals surface area contributed by atoms with Crippen LogP contribution in [0, 0.1) is 23.0 Å². The monoisotopic (exact) mass is 297 g/mol. The molecule has 0 aliphatic rings. The first-order valence-corrected chi connectivity index (χ1v) is 5.28. The quantitative estimate of drug-likeness (QED) is 0.673. The van der Waals surface area contributed by atoms with Gasteiger partial charge in [0, 0.05) is 6.07 Å². The number of nitrogen functional groups attached to an aromatic ring is 1. The van der Waals surface area contributed by atoms with E-state index in [-0.39, 0.29) is 29.5 Å². The van der Waals surface area contributed by atoms with E-state index in [9.17, 15) is 8.78 Å². The van der Waals surface area contributed by atoms with Crippen LogP contribution in [0.4, 0.5) is 14.5 Å². The van der Waals surface area contributed by atoms with E-state index in [0.717, 1.165) is 6.07 Å². The smallest absolute Gasteiger partial charge is 0.201 e. The molecule has 0 saturated heterocycles. The van der Waals surface area contributed by atoms with Gasteiger partial charge in [0.1, 0.15) is 11.8 Å². The van der Waals surface area contributed by atoms with Gasteiger partial charge in [-0.3, -0.25) is 5.84 Å². The highest BCUT2D eigenvalue weighted by Crippen LogP contribution is 2.28. The molecule has 0 aliphatic carbocycles. The van der Waals surface area contributed by atoms with Crippen molar-refractivity contribution < 1.29 is 13.5 Å². The minimum atomic E-state index is -1.08. The summed E-state index contributed by atoms with van der Waals surface area (Å²) < 4.78 is 31.6. The molecule has 2 rings (SSSR count). The molecule has 0 bridgehead atoms. The molecule has 0 amide bonds. The second kappa shape index (κ2) is 6.70. The molecule has 2 aromatic rings. The average molecular weight is 298 g/mol. The number of ether oxygens (including phenoxy) is 1. The molecular formula is C13H10ClF2N3O. The third-order valence-corrected chi connectivity index (χ3v) is 2.41. The van der Waals surface area contributed by atoms with Crippen LogP contribution in [0.2, 0.25) is 0 Å². The molecule has 3 N–H and O–H groups in total. The molecule has 4 nitrogen and oxygen atoms in total. The van der Waals surface area contributed by atoms with Crippen LogP contribution in [0.15, 0.2) is 36.4 Å². The van der Waals surface area contributed by atoms with Crippen LogP contribution in [0.3, 0.4) is 0 Å². The highest BCUT2D eigenvalue weighted by atomic mass is 35.5. The Morgan fingerprint density at radius 1 is 1.20 bits per heavy atom. The first-order chi connectivity index (χ1) is 9.15. The van der Waals surface area contributed by atoms with Crippen molar-refractivity contribution in [1.29, 1.82) is 5.26 Å². The van der Waals surface area contributed by atoms with Gasteiger partial charge in [-0.2, -0.15) is 9.65 Å². The molecule has 0 fully saturated rings. The van der Waals surface area contributed by atoms with Crippen LogP contribution in [-0.2, 0) is 0 Å². The lowest BCUT2D eigenvalue weighted by Gasteiger charge is -2.09. The predicted octanol–water partition coefficient (Wildman–Crippen LogP) is 3.34. The minimum absolute atomic E-state index is 0. The van der Waals surface area contributed by atoms with Crippen LogP contribution in [0.25, 0.3) is 0 Å². The van der Waals surface area contributed by atoms with Crippen LogP contribution < -0.4 is 16.0 Å². The Hall–Kier alpha value is -2.36. The van der Waals surface area contributed by atoms with E-state index in [2.05, 4.69) is 5.43 Å². The maximum Gasteiger partial charge on any atom is 0.201 e. The second-order valence-corrected chi connectivity index (χ2v) is 3.62. The Bertz CT molecular complexity index is 659. The van der Waals surface area contributed by atoms with E-state index >= 15 is 0 Å². The molecule has 0 saturated carbocycles. The maximum absolute atomic E-state index is 13.4. The van der Waals surface area contributed by atoms with Crippen molar-refractivity contribution in [2.24, 2.45) is 5.84 Å². The van der Waals surface area contributed by atoms with Gasteiger partial charge in [0.25, 0.3) is 0 Å². The summed E-state index contributed by atoms with van der Waals surface area (Å²) in [6, 6.07) is 9.88. The fraction of sp³-hybridized carbons (Fsp3) is 0. The number of rotatable bonds is 3. The number of hydrogen-bond acceptors (Lipinski definition) is 4. The topological polar surface area (TPSA) is 71.1 Å². The Morgan fingerprint density at radius 2 is 1.95 bits per heavy atom. The van der Waals surface area contributed by atoms with Gasteiger partial charge in [0.2, 0.25) is 5.82 Å². The number of halogens is 3. The number of nitriles is 1. The van der Waals surface area contributed by atoms with Crippen molar-refractivity contribution in [2.75, 3.05) is 5.43 Å². The number of nitrogens with zero attached hydrogens (tertiary/aromatic N) is 1. The van der Waals surface area contributed by atoms with Gasteiger partial charge in [0.05, 0.1) is 11.3 Å². The average Bonchev–Trinajstić information content (AvgIpc) is 2.43. The van der Waals surface area contributed by atoms with Crippen molar-refractivity contribution in [1.82, 2.24) is 0 Å². The molecule has 0 unspecified atom stereocenters. The van der Waals surface area contributed by atoms with E-state index in [1.807, 2.05) is 6.07 Å². The lowest BCUT2D eigenvalue weighted by Crippen LogP contribution is -2.08. The third-order valence-electron chi connectivity index (χ3n) is 2.41. The van der Waals surface area contributed by atoms with Crippen molar-refractivity contribution in [3.63, 3.8) is 0 Å². The van der Waals surface area contributed by atoms with Gasteiger partial charge in [-0.05, 0) is 24.3 Å². The van der Waals surface area contributed by atoms with Crippen molar-refractivity contribution >= 4 is 18.1 Å². The van der Waals surface area contributed by atoms with Crippen LogP contribution in [0.5, 0.6) is 11.5 Å². The molecule has 104 valence electrons. The Kier molecular flexibility index (Phi) is 5.26. The highest BCUT2D eigenvalue weighted by Gasteiger charge is 2.10. The molecule has 0 aromatic heterocycles. The molecule has 0 atom stereocenters. The van der Waals surface area contributed by atoms with Gasteiger partial charge in [-0.1, -0.05) is 6.07 Å². The minimum Gasteiger partial charge on any atom is -0.454 e. The zero-order chi connectivity index (χ0) is 13.8. The number of nitrogens with one attached hydrogen (secondary N) is 1. The largest absolute Gasteiger partial charge is 0.454 e. The van der Waals surface area contributed by atoms with E-state index < -0.39 is 11.6 Å². The van der Waals surface area contributed by atoms with Crippen molar-refractivity contribution in [2.45, 2.75) is 0 Å². The van der Waals surface area contributed by atoms with Gasteiger partial charge < -0.3 is 10.2 Å². The summed E-state index contributed by atoms with van der Waals surface area (Å²) in [7, 11) is 0. The molecule has 0 heterocycles. The number of hydrogen-bond donors (Lipinski definition) is 2. The van der Waals surface area contributed by atoms with Gasteiger partial charge in [0.15, 0.2) is 11.6 Å². The molecule has 0 radical (unpaired) electrons. The summed E-state index contributed by atoms with van der Waals surface area (Å²) >= 11 is 0. The zero-order valence-electron chi connectivity index (χ0n) is 10.1. The predicted molar refractivity (Wildman–Crippen MR) is 72.6 cm³/mol. The van der Waals surface area contributed by atoms with Gasteiger partial charge in [-0.25, -0.2) is 4.39 Å². The standard InChI is InChI=1S/C13H9F2N3O.ClH/c14-10-2-1-3-12(13(10)15)19-9-4-5-11(18-17)8(6-9)7-16;/h1-6,18H,17H2;1H. The molecule has 0 aliphatic heterocycles. The summed E-state index contributed by atoms with van der Waals surface area (Å²) in [4.78, 5) is 0. The lowest BCUT2D eigenvalue weighted by atomic mass is 10.2. The Labute approximate surface area is 120 Å². The number of benzene rings is 2. The van der Waals surface area contributed by atoms with Crippen molar-refractivity contribution in [3.05, 3.63) is 53.6 Å². The first-order valence-electron chi connectivity index (χ1n) is 5.28. The summed E-state index contributed by atoms with van der Waals surface area (Å²) in [6.07, 6.45) is 0. The number of hydrazine groups is 1. The molecule has 20 heavy (non-hydrogen) atoms. The van der Waals surface area contributed by atoms with E-state index in [1.54, 1.807) is 0 Å². The van der Waals surface area contributed by atoms with Crippen LogP contribution in [0.1, 0.15) is 5.56 Å². The first kappa shape index (κ1) is 15.7. The Balaban J connectivity index is 0.00000200. The van der Waals surface area contributed by atoms with E-state index in [1.165, 1.54) is 30.3 Å². The Morgan fingerprint density at radius 3 is 2.60 bits per heavy atom. The molecule has 0 spiro atoms. The zero-order valence-corrected chi connectivity index (χ0v) is 10.9. The highest BCUT2D eigenvalue weighted by molar-refractivity contribution is 5.85. The molecule has 2 aromatic carbocycles. The molecular weight excluding hydrogens is 288 g/mol. The number of anilines is 1. The van der Waals surface area contributed by atoms with E-state index in [0.29, 0.717) is 5.69 Å². The SMILES string of the molecule is Cl.N#Cc1cc(Oc2cccc(F)c2F)ccc1NN. The third kappa shape index (κ3) is 3.15. The summed E-state index contributed by atoms with van der Waals surface area (Å²) in [5, 5.41) is 8.90. The summed E-state index contributed by atoms with van der Waals surface area (Å²) in [5.74, 6) is 3.09. The number of nitrogens with two attached hydrogens (primary N) is 1. The summed E-state index contributed by atoms with van der Waals surface area (Å²) in [5.41, 5.74) is 2.99. The second-order valence-electron chi connectivity index (χ2n) is 3.62. The molecule has 7 heteroatoms. The fourth-order valence-electron chi connectivity index (χ4n) is 1.50. The fourth-order valence-corrected chi connectivity index (χ4v) is 1.50. The van der Waals surface area contributed by atoms with Crippen LogP contribution in [-0.4, -0.2) is 0 Å². The van der Waals surface area contributed by atoms with Gasteiger partial charge in [-0.15, -0.1) is 12.4 Å². The van der Waals surface area contributed by atoms with Crippen LogP contribution >= 0.6 is 12.4 Å². The summed E-state index contributed by atoms with van der Waals surface area (Å²) in [6.45, 7) is 0. The van der Waals surface area contributed by atoms with E-state index in [4.69, 9.17) is 15.8 Å². The maximum atomic E-state index is 13.4. The normalized spacial score (nSPS) is 9.30. The van der Waals surface area contributed by atoms with Crippen molar-refractivity contribution in [3.8, 4) is 17.6 Å². The lowest BCUT2D eigenvalue weighted by molar-refractivity contribution is 0.416.